The Labute approximate surface area is 115 Å². The van der Waals surface area contributed by atoms with Crippen LogP contribution in [0.15, 0.2) is 34.8 Å². The summed E-state index contributed by atoms with van der Waals surface area (Å²) in [5.74, 6) is 0.609. The lowest BCUT2D eigenvalue weighted by molar-refractivity contribution is 1.23. The third-order valence-electron chi connectivity index (χ3n) is 2.67. The van der Waals surface area contributed by atoms with Gasteiger partial charge < -0.3 is 5.32 Å². The molecule has 1 aromatic heterocycles. The summed E-state index contributed by atoms with van der Waals surface area (Å²) >= 11 is 3.45. The maximum absolute atomic E-state index is 9.04. The molecule has 90 valence electrons. The molecule has 0 saturated heterocycles. The number of nitriles is 1. The fraction of sp³-hybridized carbons (Fsp3) is 0.143. The molecule has 0 aliphatic heterocycles. The standard InChI is InChI=1S/C14H12BrN3/c1-9-6-11(8-16)14(17-2)18-13(9)10-4-3-5-12(15)7-10/h3-7H,1-2H3,(H,17,18). The van der Waals surface area contributed by atoms with Crippen molar-refractivity contribution in [2.75, 3.05) is 12.4 Å². The van der Waals surface area contributed by atoms with E-state index in [1.165, 1.54) is 0 Å². The van der Waals surface area contributed by atoms with Crippen LogP contribution in [0, 0.1) is 18.3 Å². The summed E-state index contributed by atoms with van der Waals surface area (Å²) in [7, 11) is 1.77. The number of anilines is 1. The Morgan fingerprint density at radius 2 is 2.11 bits per heavy atom. The van der Waals surface area contributed by atoms with Crippen LogP contribution in [0.2, 0.25) is 0 Å². The molecule has 4 heteroatoms. The van der Waals surface area contributed by atoms with E-state index in [0.29, 0.717) is 11.4 Å². The Morgan fingerprint density at radius 1 is 1.33 bits per heavy atom. The lowest BCUT2D eigenvalue weighted by atomic mass is 10.0. The Hall–Kier alpha value is -1.86. The van der Waals surface area contributed by atoms with E-state index in [9.17, 15) is 0 Å². The van der Waals surface area contributed by atoms with E-state index in [2.05, 4.69) is 32.3 Å². The van der Waals surface area contributed by atoms with Gasteiger partial charge in [-0.15, -0.1) is 0 Å². The fourth-order valence-corrected chi connectivity index (χ4v) is 2.22. The molecule has 0 saturated carbocycles. The molecule has 0 unspecified atom stereocenters. The zero-order chi connectivity index (χ0) is 13.1. The second-order valence-corrected chi connectivity index (χ2v) is 4.84. The predicted octanol–water partition coefficient (Wildman–Crippen LogP) is 3.73. The van der Waals surface area contributed by atoms with Gasteiger partial charge in [0, 0.05) is 17.1 Å². The number of aromatic nitrogens is 1. The van der Waals surface area contributed by atoms with E-state index < -0.39 is 0 Å². The monoisotopic (exact) mass is 301 g/mol. The number of nitrogens with one attached hydrogen (secondary N) is 1. The summed E-state index contributed by atoms with van der Waals surface area (Å²) in [5.41, 5.74) is 3.47. The van der Waals surface area contributed by atoms with Crippen LogP contribution in [0.3, 0.4) is 0 Å². The number of hydrogen-bond donors (Lipinski definition) is 1. The van der Waals surface area contributed by atoms with Gasteiger partial charge in [0.15, 0.2) is 0 Å². The molecule has 1 N–H and O–H groups in total. The third kappa shape index (κ3) is 2.36. The maximum Gasteiger partial charge on any atom is 0.144 e. The number of nitrogens with zero attached hydrogens (tertiary/aromatic N) is 2. The van der Waals surface area contributed by atoms with E-state index >= 15 is 0 Å². The van der Waals surface area contributed by atoms with Crippen molar-refractivity contribution in [1.82, 2.24) is 4.98 Å². The molecule has 0 atom stereocenters. The lowest BCUT2D eigenvalue weighted by Crippen LogP contribution is -1.99. The molecule has 0 aliphatic carbocycles. The number of halogens is 1. The van der Waals surface area contributed by atoms with Gasteiger partial charge in [0.05, 0.1) is 11.3 Å². The summed E-state index contributed by atoms with van der Waals surface area (Å²) in [4.78, 5) is 4.52. The molecule has 3 nitrogen and oxygen atoms in total. The summed E-state index contributed by atoms with van der Waals surface area (Å²) in [6.07, 6.45) is 0. The molecule has 0 spiro atoms. The van der Waals surface area contributed by atoms with Crippen LogP contribution in [0.5, 0.6) is 0 Å². The van der Waals surface area contributed by atoms with Crippen LogP contribution in [0.25, 0.3) is 11.3 Å². The molecule has 0 bridgehead atoms. The van der Waals surface area contributed by atoms with Gasteiger partial charge in [-0.05, 0) is 30.7 Å². The SMILES string of the molecule is CNc1nc(-c2cccc(Br)c2)c(C)cc1C#N. The Morgan fingerprint density at radius 3 is 2.72 bits per heavy atom. The Balaban J connectivity index is 2.62. The van der Waals surface area contributed by atoms with Gasteiger partial charge in [0.25, 0.3) is 0 Å². The highest BCUT2D eigenvalue weighted by Crippen LogP contribution is 2.27. The zero-order valence-corrected chi connectivity index (χ0v) is 11.7. The number of benzene rings is 1. The molecule has 0 fully saturated rings. The summed E-state index contributed by atoms with van der Waals surface area (Å²) in [5, 5.41) is 12.0. The van der Waals surface area contributed by atoms with Crippen molar-refractivity contribution < 1.29 is 0 Å². The van der Waals surface area contributed by atoms with Crippen LogP contribution in [-0.4, -0.2) is 12.0 Å². The van der Waals surface area contributed by atoms with E-state index in [4.69, 9.17) is 5.26 Å². The van der Waals surface area contributed by atoms with Crippen molar-refractivity contribution in [3.05, 3.63) is 45.9 Å². The van der Waals surface area contributed by atoms with Crippen molar-refractivity contribution in [1.29, 1.82) is 5.26 Å². The largest absolute Gasteiger partial charge is 0.372 e. The number of pyridine rings is 1. The average Bonchev–Trinajstić information content (AvgIpc) is 2.38. The first kappa shape index (κ1) is 12.6. The van der Waals surface area contributed by atoms with Crippen LogP contribution >= 0.6 is 15.9 Å². The zero-order valence-electron chi connectivity index (χ0n) is 10.2. The first-order chi connectivity index (χ1) is 8.65. The number of aryl methyl sites for hydroxylation is 1. The molecule has 0 amide bonds. The van der Waals surface area contributed by atoms with Crippen molar-refractivity contribution in [2.24, 2.45) is 0 Å². The van der Waals surface area contributed by atoms with E-state index in [1.807, 2.05) is 37.3 Å². The minimum atomic E-state index is 0.564. The lowest BCUT2D eigenvalue weighted by Gasteiger charge is -2.10. The summed E-state index contributed by atoms with van der Waals surface area (Å²) in [6, 6.07) is 12.0. The van der Waals surface area contributed by atoms with Crippen LogP contribution < -0.4 is 5.32 Å². The Kier molecular flexibility index (Phi) is 3.63. The highest BCUT2D eigenvalue weighted by Gasteiger charge is 2.10. The fourth-order valence-electron chi connectivity index (χ4n) is 1.82. The number of hydrogen-bond acceptors (Lipinski definition) is 3. The van der Waals surface area contributed by atoms with Crippen LogP contribution in [0.1, 0.15) is 11.1 Å². The van der Waals surface area contributed by atoms with Crippen molar-refractivity contribution in [3.63, 3.8) is 0 Å². The molecule has 0 aliphatic rings. The molecule has 0 radical (unpaired) electrons. The quantitative estimate of drug-likeness (QED) is 0.919. The van der Waals surface area contributed by atoms with Gasteiger partial charge in [-0.25, -0.2) is 4.98 Å². The molecule has 1 aromatic carbocycles. The van der Waals surface area contributed by atoms with Gasteiger partial charge in [-0.3, -0.25) is 0 Å². The molecule has 1 heterocycles. The smallest absolute Gasteiger partial charge is 0.144 e. The van der Waals surface area contributed by atoms with Gasteiger partial charge in [-0.1, -0.05) is 28.1 Å². The van der Waals surface area contributed by atoms with Crippen molar-refractivity contribution in [2.45, 2.75) is 6.92 Å². The first-order valence-corrected chi connectivity index (χ1v) is 6.30. The molecular weight excluding hydrogens is 290 g/mol. The predicted molar refractivity (Wildman–Crippen MR) is 76.4 cm³/mol. The van der Waals surface area contributed by atoms with E-state index in [1.54, 1.807) is 7.05 Å². The van der Waals surface area contributed by atoms with Gasteiger partial charge in [0.2, 0.25) is 0 Å². The van der Waals surface area contributed by atoms with Crippen LogP contribution in [0.4, 0.5) is 5.82 Å². The van der Waals surface area contributed by atoms with Crippen molar-refractivity contribution >= 4 is 21.7 Å². The number of rotatable bonds is 2. The normalized spacial score (nSPS) is 9.89. The highest BCUT2D eigenvalue weighted by molar-refractivity contribution is 9.10. The highest BCUT2D eigenvalue weighted by atomic mass is 79.9. The average molecular weight is 302 g/mol. The van der Waals surface area contributed by atoms with Crippen LogP contribution in [-0.2, 0) is 0 Å². The third-order valence-corrected chi connectivity index (χ3v) is 3.16. The minimum Gasteiger partial charge on any atom is -0.372 e. The molecule has 18 heavy (non-hydrogen) atoms. The Bertz CT molecular complexity index is 629. The topological polar surface area (TPSA) is 48.7 Å². The van der Waals surface area contributed by atoms with Gasteiger partial charge in [-0.2, -0.15) is 5.26 Å². The summed E-state index contributed by atoms with van der Waals surface area (Å²) in [6.45, 7) is 1.96. The van der Waals surface area contributed by atoms with E-state index in [0.717, 1.165) is 21.3 Å². The van der Waals surface area contributed by atoms with E-state index in [-0.39, 0.29) is 0 Å². The molecule has 2 aromatic rings. The summed E-state index contributed by atoms with van der Waals surface area (Å²) < 4.78 is 1.01. The second kappa shape index (κ2) is 5.19. The second-order valence-electron chi connectivity index (χ2n) is 3.92. The van der Waals surface area contributed by atoms with Gasteiger partial charge in [0.1, 0.15) is 11.9 Å². The van der Waals surface area contributed by atoms with Crippen molar-refractivity contribution in [3.8, 4) is 17.3 Å². The first-order valence-electron chi connectivity index (χ1n) is 5.51. The minimum absolute atomic E-state index is 0.564. The molecular formula is C14H12BrN3. The van der Waals surface area contributed by atoms with Gasteiger partial charge >= 0.3 is 0 Å². The molecule has 2 rings (SSSR count). The maximum atomic E-state index is 9.04.